The molecule has 2 rings (SSSR count). The molecule has 0 fully saturated rings. The molecule has 0 unspecified atom stereocenters. The molecule has 0 aliphatic heterocycles. The van der Waals surface area contributed by atoms with E-state index in [0.717, 1.165) is 6.26 Å². The topological polar surface area (TPSA) is 91.9 Å². The molecule has 0 radical (unpaired) electrons. The van der Waals surface area contributed by atoms with Gasteiger partial charge in [-0.2, -0.15) is 5.10 Å². The molecule has 0 bridgehead atoms. The number of carbonyl (C=O) groups is 1. The number of amides is 1. The molecule has 7 heteroatoms. The van der Waals surface area contributed by atoms with Crippen molar-refractivity contribution >= 4 is 21.4 Å². The van der Waals surface area contributed by atoms with Gasteiger partial charge in [0.05, 0.1) is 16.7 Å². The molecule has 0 saturated carbocycles. The first-order valence-electron chi connectivity index (χ1n) is 5.07. The van der Waals surface area contributed by atoms with Crippen LogP contribution in [0.3, 0.4) is 0 Å². The quantitative estimate of drug-likeness (QED) is 0.868. The molecule has 2 aromatic rings. The SMILES string of the molecule is CS(=O)(=O)c1cccc(NC(=O)c2cn[nH]c2)c1. The summed E-state index contributed by atoms with van der Waals surface area (Å²) in [6, 6.07) is 6.07. The Morgan fingerprint density at radius 2 is 2.17 bits per heavy atom. The molecular weight excluding hydrogens is 254 g/mol. The van der Waals surface area contributed by atoms with Crippen molar-refractivity contribution in [2.24, 2.45) is 0 Å². The Morgan fingerprint density at radius 3 is 2.78 bits per heavy atom. The van der Waals surface area contributed by atoms with E-state index in [2.05, 4.69) is 15.5 Å². The fraction of sp³-hybridized carbons (Fsp3) is 0.0909. The van der Waals surface area contributed by atoms with Crippen LogP contribution in [0.4, 0.5) is 5.69 Å². The van der Waals surface area contributed by atoms with Crippen molar-refractivity contribution in [2.75, 3.05) is 11.6 Å². The Morgan fingerprint density at radius 1 is 1.39 bits per heavy atom. The standard InChI is InChI=1S/C11H11N3O3S/c1-18(16,17)10-4-2-3-9(5-10)14-11(15)8-6-12-13-7-8/h2-7H,1H3,(H,12,13)(H,14,15). The predicted molar refractivity (Wildman–Crippen MR) is 66.1 cm³/mol. The lowest BCUT2D eigenvalue weighted by Crippen LogP contribution is -2.11. The number of sulfone groups is 1. The molecule has 1 aromatic heterocycles. The van der Waals surface area contributed by atoms with Crippen molar-refractivity contribution in [1.82, 2.24) is 10.2 Å². The third kappa shape index (κ3) is 2.75. The molecule has 0 aliphatic carbocycles. The lowest BCUT2D eigenvalue weighted by atomic mass is 10.3. The van der Waals surface area contributed by atoms with Crippen molar-refractivity contribution in [3.8, 4) is 0 Å². The molecule has 0 atom stereocenters. The molecule has 1 amide bonds. The molecule has 94 valence electrons. The van der Waals surface area contributed by atoms with Gasteiger partial charge in [0.25, 0.3) is 5.91 Å². The van der Waals surface area contributed by atoms with Gasteiger partial charge < -0.3 is 5.32 Å². The highest BCUT2D eigenvalue weighted by Gasteiger charge is 2.10. The van der Waals surface area contributed by atoms with Crippen LogP contribution in [0.15, 0.2) is 41.6 Å². The lowest BCUT2D eigenvalue weighted by Gasteiger charge is -2.05. The lowest BCUT2D eigenvalue weighted by molar-refractivity contribution is 0.102. The van der Waals surface area contributed by atoms with E-state index in [1.165, 1.54) is 24.5 Å². The number of nitrogens with zero attached hydrogens (tertiary/aromatic N) is 1. The fourth-order valence-corrected chi connectivity index (χ4v) is 2.05. The van der Waals surface area contributed by atoms with Crippen LogP contribution in [-0.2, 0) is 9.84 Å². The molecule has 6 nitrogen and oxygen atoms in total. The smallest absolute Gasteiger partial charge is 0.258 e. The maximum atomic E-state index is 11.7. The minimum Gasteiger partial charge on any atom is -0.322 e. The first kappa shape index (κ1) is 12.3. The van der Waals surface area contributed by atoms with E-state index in [1.807, 2.05) is 0 Å². The minimum atomic E-state index is -3.28. The summed E-state index contributed by atoms with van der Waals surface area (Å²) in [5, 5.41) is 8.78. The van der Waals surface area contributed by atoms with Crippen LogP contribution in [0.2, 0.25) is 0 Å². The molecule has 2 N–H and O–H groups in total. The van der Waals surface area contributed by atoms with Gasteiger partial charge in [-0.3, -0.25) is 9.89 Å². The third-order valence-electron chi connectivity index (χ3n) is 2.28. The minimum absolute atomic E-state index is 0.160. The van der Waals surface area contributed by atoms with Crippen LogP contribution in [0.1, 0.15) is 10.4 Å². The predicted octanol–water partition coefficient (Wildman–Crippen LogP) is 1.07. The molecule has 18 heavy (non-hydrogen) atoms. The summed E-state index contributed by atoms with van der Waals surface area (Å²) in [6.07, 6.45) is 3.95. The van der Waals surface area contributed by atoms with E-state index in [4.69, 9.17) is 0 Å². The van der Waals surface area contributed by atoms with E-state index in [0.29, 0.717) is 11.3 Å². The van der Waals surface area contributed by atoms with Gasteiger partial charge in [-0.1, -0.05) is 6.07 Å². The van der Waals surface area contributed by atoms with Gasteiger partial charge in [-0.05, 0) is 18.2 Å². The normalized spacial score (nSPS) is 11.2. The number of H-pyrrole nitrogens is 1. The Balaban J connectivity index is 2.23. The maximum absolute atomic E-state index is 11.7. The van der Waals surface area contributed by atoms with Crippen LogP contribution < -0.4 is 5.32 Å². The highest BCUT2D eigenvalue weighted by molar-refractivity contribution is 7.90. The maximum Gasteiger partial charge on any atom is 0.258 e. The van der Waals surface area contributed by atoms with Gasteiger partial charge in [0, 0.05) is 18.1 Å². The van der Waals surface area contributed by atoms with E-state index in [9.17, 15) is 13.2 Å². The summed E-state index contributed by atoms with van der Waals surface area (Å²) >= 11 is 0. The number of hydrogen-bond acceptors (Lipinski definition) is 4. The molecule has 0 saturated heterocycles. The van der Waals surface area contributed by atoms with Gasteiger partial charge in [-0.15, -0.1) is 0 Å². The van der Waals surface area contributed by atoms with Crippen LogP contribution in [0, 0.1) is 0 Å². The summed E-state index contributed by atoms with van der Waals surface area (Å²) < 4.78 is 22.7. The molecular formula is C11H11N3O3S. The van der Waals surface area contributed by atoms with E-state index < -0.39 is 9.84 Å². The number of benzene rings is 1. The van der Waals surface area contributed by atoms with Crippen LogP contribution in [-0.4, -0.2) is 30.8 Å². The van der Waals surface area contributed by atoms with Crippen molar-refractivity contribution in [1.29, 1.82) is 0 Å². The van der Waals surface area contributed by atoms with Gasteiger partial charge >= 0.3 is 0 Å². The summed E-state index contributed by atoms with van der Waals surface area (Å²) in [6.45, 7) is 0. The number of rotatable bonds is 3. The zero-order valence-corrected chi connectivity index (χ0v) is 10.4. The Bertz CT molecular complexity index is 663. The number of aromatic amines is 1. The van der Waals surface area contributed by atoms with Crippen molar-refractivity contribution in [3.63, 3.8) is 0 Å². The first-order valence-corrected chi connectivity index (χ1v) is 6.96. The number of hydrogen-bond donors (Lipinski definition) is 2. The molecule has 0 aliphatic rings. The van der Waals surface area contributed by atoms with Crippen molar-refractivity contribution in [2.45, 2.75) is 4.90 Å². The van der Waals surface area contributed by atoms with Gasteiger partial charge in [0.2, 0.25) is 0 Å². The Labute approximate surface area is 104 Å². The fourth-order valence-electron chi connectivity index (χ4n) is 1.38. The summed E-state index contributed by atoms with van der Waals surface area (Å²) in [5.41, 5.74) is 0.795. The largest absolute Gasteiger partial charge is 0.322 e. The Kier molecular flexibility index (Phi) is 3.15. The highest BCUT2D eigenvalue weighted by Crippen LogP contribution is 2.15. The van der Waals surface area contributed by atoms with Gasteiger partial charge in [-0.25, -0.2) is 8.42 Å². The number of anilines is 1. The second-order valence-electron chi connectivity index (χ2n) is 3.74. The second-order valence-corrected chi connectivity index (χ2v) is 5.76. The first-order chi connectivity index (χ1) is 8.47. The molecule has 0 spiro atoms. The van der Waals surface area contributed by atoms with E-state index in [-0.39, 0.29) is 10.8 Å². The average Bonchev–Trinajstić information content (AvgIpc) is 2.81. The Hall–Kier alpha value is -2.15. The zero-order chi connectivity index (χ0) is 13.2. The van der Waals surface area contributed by atoms with Crippen molar-refractivity contribution in [3.05, 3.63) is 42.2 Å². The van der Waals surface area contributed by atoms with Crippen LogP contribution in [0.5, 0.6) is 0 Å². The van der Waals surface area contributed by atoms with Crippen molar-refractivity contribution < 1.29 is 13.2 Å². The molecule has 1 heterocycles. The number of aromatic nitrogens is 2. The number of carbonyl (C=O) groups excluding carboxylic acids is 1. The summed E-state index contributed by atoms with van der Waals surface area (Å²) in [4.78, 5) is 11.9. The monoisotopic (exact) mass is 265 g/mol. The van der Waals surface area contributed by atoms with E-state index >= 15 is 0 Å². The molecule has 1 aromatic carbocycles. The van der Waals surface area contributed by atoms with Gasteiger partial charge in [0.1, 0.15) is 0 Å². The highest BCUT2D eigenvalue weighted by atomic mass is 32.2. The summed E-state index contributed by atoms with van der Waals surface area (Å²) in [5.74, 6) is -0.352. The summed E-state index contributed by atoms with van der Waals surface area (Å²) in [7, 11) is -3.28. The third-order valence-corrected chi connectivity index (χ3v) is 3.39. The zero-order valence-electron chi connectivity index (χ0n) is 9.54. The number of nitrogens with one attached hydrogen (secondary N) is 2. The van der Waals surface area contributed by atoms with Gasteiger partial charge in [0.15, 0.2) is 9.84 Å². The van der Waals surface area contributed by atoms with Crippen LogP contribution >= 0.6 is 0 Å². The average molecular weight is 265 g/mol. The second kappa shape index (κ2) is 4.61. The van der Waals surface area contributed by atoms with E-state index in [1.54, 1.807) is 12.1 Å². The van der Waals surface area contributed by atoms with Crippen LogP contribution in [0.25, 0.3) is 0 Å².